The summed E-state index contributed by atoms with van der Waals surface area (Å²) < 4.78 is 10.8. The Morgan fingerprint density at radius 2 is 2.12 bits per heavy atom. The van der Waals surface area contributed by atoms with Crippen LogP contribution in [0.25, 0.3) is 11.4 Å². The number of aryl methyl sites for hydroxylation is 1. The Kier molecular flexibility index (Phi) is 6.58. The summed E-state index contributed by atoms with van der Waals surface area (Å²) in [5.74, 6) is 1.41. The third-order valence-corrected chi connectivity index (χ3v) is 5.71. The highest BCUT2D eigenvalue weighted by molar-refractivity contribution is 6.00. The van der Waals surface area contributed by atoms with Crippen LogP contribution in [0.4, 0.5) is 0 Å². The van der Waals surface area contributed by atoms with Crippen LogP contribution in [0.15, 0.2) is 47.2 Å². The SMILES string of the molecule is COc1ccc(C)cc1C(=O)CCC(=O)N1CCCC(c2nc(-c3cccnc3)no2)C1. The van der Waals surface area contributed by atoms with E-state index in [1.165, 1.54) is 7.11 Å². The van der Waals surface area contributed by atoms with Crippen LogP contribution in [0.3, 0.4) is 0 Å². The molecule has 32 heavy (non-hydrogen) atoms. The number of benzene rings is 1. The van der Waals surface area contributed by atoms with Crippen molar-refractivity contribution in [1.82, 2.24) is 20.0 Å². The number of ketones is 1. The van der Waals surface area contributed by atoms with Crippen molar-refractivity contribution in [2.24, 2.45) is 0 Å². The molecule has 1 amide bonds. The molecule has 0 aliphatic carbocycles. The van der Waals surface area contributed by atoms with E-state index < -0.39 is 0 Å². The van der Waals surface area contributed by atoms with Gasteiger partial charge in [0.2, 0.25) is 17.6 Å². The standard InChI is InChI=1S/C24H26N4O4/c1-16-7-9-21(31-2)19(13-16)20(29)8-10-22(30)28-12-4-6-18(15-28)24-26-23(27-32-24)17-5-3-11-25-14-17/h3,5,7,9,11,13-14,18H,4,6,8,10,12,15H2,1-2H3. The van der Waals surface area contributed by atoms with Crippen LogP contribution in [0.1, 0.15) is 53.4 Å². The van der Waals surface area contributed by atoms with Crippen molar-refractivity contribution in [3.63, 3.8) is 0 Å². The molecule has 1 aliphatic rings. The number of Topliss-reactive ketones (excluding diaryl/α,β-unsaturated/α-hetero) is 1. The van der Waals surface area contributed by atoms with Gasteiger partial charge in [0.1, 0.15) is 5.75 Å². The fraction of sp³-hybridized carbons (Fsp3) is 0.375. The van der Waals surface area contributed by atoms with Crippen LogP contribution >= 0.6 is 0 Å². The van der Waals surface area contributed by atoms with E-state index in [1.54, 1.807) is 29.4 Å². The fourth-order valence-electron chi connectivity index (χ4n) is 3.97. The lowest BCUT2D eigenvalue weighted by Crippen LogP contribution is -2.39. The molecule has 1 fully saturated rings. The zero-order chi connectivity index (χ0) is 22.5. The van der Waals surface area contributed by atoms with Crippen LogP contribution < -0.4 is 4.74 Å². The second-order valence-corrected chi connectivity index (χ2v) is 8.00. The minimum atomic E-state index is -0.0922. The van der Waals surface area contributed by atoms with E-state index in [2.05, 4.69) is 15.1 Å². The molecule has 1 atom stereocenters. The van der Waals surface area contributed by atoms with E-state index >= 15 is 0 Å². The first-order valence-electron chi connectivity index (χ1n) is 10.7. The molecular weight excluding hydrogens is 408 g/mol. The normalized spacial score (nSPS) is 16.1. The van der Waals surface area contributed by atoms with Gasteiger partial charge >= 0.3 is 0 Å². The Morgan fingerprint density at radius 3 is 2.91 bits per heavy atom. The van der Waals surface area contributed by atoms with Crippen LogP contribution in [0.2, 0.25) is 0 Å². The third kappa shape index (κ3) is 4.85. The number of nitrogens with zero attached hydrogens (tertiary/aromatic N) is 4. The molecule has 2 aromatic heterocycles. The molecule has 166 valence electrons. The maximum Gasteiger partial charge on any atom is 0.231 e. The van der Waals surface area contributed by atoms with Gasteiger partial charge < -0.3 is 14.2 Å². The van der Waals surface area contributed by atoms with Gasteiger partial charge in [-0.25, -0.2) is 0 Å². The van der Waals surface area contributed by atoms with E-state index in [9.17, 15) is 9.59 Å². The molecule has 0 radical (unpaired) electrons. The first kappa shape index (κ1) is 21.7. The molecule has 4 rings (SSSR count). The van der Waals surface area contributed by atoms with E-state index in [0.717, 1.165) is 24.0 Å². The molecule has 0 saturated carbocycles. The molecule has 3 aromatic rings. The van der Waals surface area contributed by atoms with E-state index in [0.29, 0.717) is 36.1 Å². The van der Waals surface area contributed by atoms with Gasteiger partial charge in [-0.3, -0.25) is 14.6 Å². The van der Waals surface area contributed by atoms with Crippen molar-refractivity contribution >= 4 is 11.7 Å². The van der Waals surface area contributed by atoms with E-state index in [4.69, 9.17) is 9.26 Å². The minimum absolute atomic E-state index is 0.0156. The molecular formula is C24H26N4O4. The second-order valence-electron chi connectivity index (χ2n) is 8.00. The molecule has 3 heterocycles. The number of methoxy groups -OCH3 is 1. The quantitative estimate of drug-likeness (QED) is 0.521. The molecule has 0 N–H and O–H groups in total. The highest BCUT2D eigenvalue weighted by Gasteiger charge is 2.29. The number of piperidine rings is 1. The lowest BCUT2D eigenvalue weighted by atomic mass is 9.97. The molecule has 0 spiro atoms. The summed E-state index contributed by atoms with van der Waals surface area (Å²) in [6.45, 7) is 3.10. The van der Waals surface area contributed by atoms with Crippen molar-refractivity contribution in [3.05, 3.63) is 59.7 Å². The summed E-state index contributed by atoms with van der Waals surface area (Å²) in [7, 11) is 1.54. The first-order valence-corrected chi connectivity index (χ1v) is 10.7. The Balaban J connectivity index is 1.36. The summed E-state index contributed by atoms with van der Waals surface area (Å²) in [5, 5.41) is 4.06. The minimum Gasteiger partial charge on any atom is -0.496 e. The Morgan fingerprint density at radius 1 is 1.25 bits per heavy atom. The molecule has 1 saturated heterocycles. The van der Waals surface area contributed by atoms with Gasteiger partial charge in [-0.2, -0.15) is 4.98 Å². The zero-order valence-corrected chi connectivity index (χ0v) is 18.3. The lowest BCUT2D eigenvalue weighted by Gasteiger charge is -2.31. The maximum absolute atomic E-state index is 12.8. The number of hydrogen-bond donors (Lipinski definition) is 0. The van der Waals surface area contributed by atoms with Crippen LogP contribution in [-0.2, 0) is 4.79 Å². The van der Waals surface area contributed by atoms with Crippen molar-refractivity contribution < 1.29 is 18.8 Å². The van der Waals surface area contributed by atoms with E-state index in [1.807, 2.05) is 25.1 Å². The van der Waals surface area contributed by atoms with Crippen molar-refractivity contribution in [2.45, 2.75) is 38.5 Å². The highest BCUT2D eigenvalue weighted by atomic mass is 16.5. The molecule has 8 heteroatoms. The first-order chi connectivity index (χ1) is 15.5. The van der Waals surface area contributed by atoms with Crippen molar-refractivity contribution in [1.29, 1.82) is 0 Å². The van der Waals surface area contributed by atoms with Gasteiger partial charge in [-0.1, -0.05) is 16.8 Å². The number of carbonyl (C=O) groups is 2. The van der Waals surface area contributed by atoms with Gasteiger partial charge in [0, 0.05) is 43.9 Å². The fourth-order valence-corrected chi connectivity index (χ4v) is 3.97. The molecule has 1 aliphatic heterocycles. The Labute approximate surface area is 186 Å². The zero-order valence-electron chi connectivity index (χ0n) is 18.3. The van der Waals surface area contributed by atoms with Gasteiger partial charge in [0.15, 0.2) is 5.78 Å². The summed E-state index contributed by atoms with van der Waals surface area (Å²) in [6.07, 6.45) is 5.40. The van der Waals surface area contributed by atoms with Gasteiger partial charge in [-0.05, 0) is 44.0 Å². The summed E-state index contributed by atoms with van der Waals surface area (Å²) in [4.78, 5) is 35.9. The topological polar surface area (TPSA) is 98.4 Å². The average Bonchev–Trinajstić information content (AvgIpc) is 3.33. The Hall–Kier alpha value is -3.55. The van der Waals surface area contributed by atoms with E-state index in [-0.39, 0.29) is 30.4 Å². The van der Waals surface area contributed by atoms with Crippen molar-refractivity contribution in [2.75, 3.05) is 20.2 Å². The number of rotatable bonds is 7. The number of pyridine rings is 1. The maximum atomic E-state index is 12.8. The monoisotopic (exact) mass is 434 g/mol. The van der Waals surface area contributed by atoms with Crippen LogP contribution in [0, 0.1) is 6.92 Å². The summed E-state index contributed by atoms with van der Waals surface area (Å²) in [6, 6.07) is 9.17. The number of likely N-dealkylation sites (tertiary alicyclic amines) is 1. The smallest absolute Gasteiger partial charge is 0.231 e. The van der Waals surface area contributed by atoms with Gasteiger partial charge in [0.05, 0.1) is 18.6 Å². The van der Waals surface area contributed by atoms with Gasteiger partial charge in [0.25, 0.3) is 0 Å². The number of carbonyl (C=O) groups excluding carboxylic acids is 2. The number of ether oxygens (including phenoxy) is 1. The lowest BCUT2D eigenvalue weighted by molar-refractivity contribution is -0.132. The van der Waals surface area contributed by atoms with Crippen LogP contribution in [-0.4, -0.2) is 51.9 Å². The predicted octanol–water partition coefficient (Wildman–Crippen LogP) is 3.82. The highest BCUT2D eigenvalue weighted by Crippen LogP contribution is 2.28. The molecule has 1 unspecified atom stereocenters. The molecule has 1 aromatic carbocycles. The number of hydrogen-bond acceptors (Lipinski definition) is 7. The molecule has 0 bridgehead atoms. The van der Waals surface area contributed by atoms with Gasteiger partial charge in [-0.15, -0.1) is 0 Å². The van der Waals surface area contributed by atoms with Crippen molar-refractivity contribution in [3.8, 4) is 17.1 Å². The Bertz CT molecular complexity index is 1100. The third-order valence-electron chi connectivity index (χ3n) is 5.71. The number of aromatic nitrogens is 3. The second kappa shape index (κ2) is 9.72. The predicted molar refractivity (Wildman–Crippen MR) is 117 cm³/mol. The largest absolute Gasteiger partial charge is 0.496 e. The summed E-state index contributed by atoms with van der Waals surface area (Å²) >= 11 is 0. The van der Waals surface area contributed by atoms with Crippen LogP contribution in [0.5, 0.6) is 5.75 Å². The number of amides is 1. The average molecular weight is 434 g/mol. The summed E-state index contributed by atoms with van der Waals surface area (Å²) in [5.41, 5.74) is 2.28. The molecule has 8 nitrogen and oxygen atoms in total.